The fourth-order valence-electron chi connectivity index (χ4n) is 3.12. The van der Waals surface area contributed by atoms with E-state index < -0.39 is 27.7 Å². The fraction of sp³-hybridized carbons (Fsp3) is 0.333. The van der Waals surface area contributed by atoms with Crippen LogP contribution >= 0.6 is 0 Å². The summed E-state index contributed by atoms with van der Waals surface area (Å²) in [6.07, 6.45) is -3.22. The highest BCUT2D eigenvalue weighted by atomic mass is 32.2. The molecule has 172 valence electrons. The number of ether oxygens (including phenoxy) is 1. The van der Waals surface area contributed by atoms with Gasteiger partial charge in [-0.2, -0.15) is 22.6 Å². The molecular formula is C21H22F3N3O4S. The Morgan fingerprint density at radius 3 is 2.41 bits per heavy atom. The van der Waals surface area contributed by atoms with Crippen LogP contribution in [0.5, 0.6) is 0 Å². The molecule has 32 heavy (non-hydrogen) atoms. The third-order valence-electron chi connectivity index (χ3n) is 4.83. The topological polar surface area (TPSA) is 88.1 Å². The number of carbonyl (C=O) groups is 1. The van der Waals surface area contributed by atoms with Crippen LogP contribution in [-0.2, 0) is 32.2 Å². The molecule has 7 nitrogen and oxygen atoms in total. The zero-order valence-corrected chi connectivity index (χ0v) is 17.8. The highest BCUT2D eigenvalue weighted by molar-refractivity contribution is 7.89. The Hall–Kier alpha value is -2.76. The summed E-state index contributed by atoms with van der Waals surface area (Å²) in [7, 11) is -3.59. The molecule has 1 saturated heterocycles. The minimum Gasteiger partial charge on any atom is -0.379 e. The van der Waals surface area contributed by atoms with Crippen molar-refractivity contribution in [1.82, 2.24) is 9.73 Å². The maximum atomic E-state index is 13.0. The third kappa shape index (κ3) is 6.15. The van der Waals surface area contributed by atoms with Crippen LogP contribution in [0.1, 0.15) is 23.1 Å². The smallest absolute Gasteiger partial charge is 0.379 e. The lowest BCUT2D eigenvalue weighted by atomic mass is 10.1. The largest absolute Gasteiger partial charge is 0.417 e. The normalized spacial score (nSPS) is 15.7. The van der Waals surface area contributed by atoms with Crippen LogP contribution in [0, 0.1) is 0 Å². The third-order valence-corrected chi connectivity index (χ3v) is 6.74. The second kappa shape index (κ2) is 10.2. The van der Waals surface area contributed by atoms with Gasteiger partial charge in [0.25, 0.3) is 0 Å². The molecule has 0 aromatic heterocycles. The molecular weight excluding hydrogens is 447 g/mol. The number of alkyl halides is 3. The first-order valence-electron chi connectivity index (χ1n) is 9.83. The molecule has 0 radical (unpaired) electrons. The molecule has 1 aliphatic heterocycles. The number of nitrogens with zero attached hydrogens (tertiary/aromatic N) is 2. The monoisotopic (exact) mass is 469 g/mol. The number of morpholine rings is 1. The summed E-state index contributed by atoms with van der Waals surface area (Å²) in [4.78, 5) is 12.1. The summed E-state index contributed by atoms with van der Waals surface area (Å²) in [6, 6.07) is 11.1. The first-order valence-corrected chi connectivity index (χ1v) is 11.3. The van der Waals surface area contributed by atoms with E-state index in [9.17, 15) is 26.4 Å². The molecule has 2 aromatic carbocycles. The quantitative estimate of drug-likeness (QED) is 0.499. The number of hydrogen-bond acceptors (Lipinski definition) is 5. The van der Waals surface area contributed by atoms with Crippen molar-refractivity contribution in [3.63, 3.8) is 0 Å². The van der Waals surface area contributed by atoms with Crippen LogP contribution in [0.25, 0.3) is 0 Å². The first-order chi connectivity index (χ1) is 15.2. The number of carbonyl (C=O) groups excluding carboxylic acids is 1. The van der Waals surface area contributed by atoms with Gasteiger partial charge >= 0.3 is 6.18 Å². The zero-order valence-electron chi connectivity index (χ0n) is 17.0. The lowest BCUT2D eigenvalue weighted by Crippen LogP contribution is -2.40. The van der Waals surface area contributed by atoms with Gasteiger partial charge in [-0.1, -0.05) is 30.3 Å². The molecule has 0 spiro atoms. The maximum Gasteiger partial charge on any atom is 0.417 e. The average Bonchev–Trinajstić information content (AvgIpc) is 2.78. The molecule has 0 aliphatic carbocycles. The molecule has 1 aliphatic rings. The molecule has 0 atom stereocenters. The van der Waals surface area contributed by atoms with Crippen molar-refractivity contribution < 1.29 is 31.1 Å². The van der Waals surface area contributed by atoms with E-state index in [4.69, 9.17) is 4.74 Å². The van der Waals surface area contributed by atoms with Gasteiger partial charge in [0.05, 0.1) is 29.9 Å². The first kappa shape index (κ1) is 23.9. The van der Waals surface area contributed by atoms with Gasteiger partial charge in [0.2, 0.25) is 15.9 Å². The Morgan fingerprint density at radius 2 is 1.75 bits per heavy atom. The van der Waals surface area contributed by atoms with Crippen LogP contribution in [-0.4, -0.2) is 51.1 Å². The van der Waals surface area contributed by atoms with Gasteiger partial charge in [-0.15, -0.1) is 0 Å². The van der Waals surface area contributed by atoms with Crippen LogP contribution < -0.4 is 5.43 Å². The van der Waals surface area contributed by atoms with Gasteiger partial charge in [0.1, 0.15) is 0 Å². The number of rotatable bonds is 7. The highest BCUT2D eigenvalue weighted by Gasteiger charge is 2.32. The summed E-state index contributed by atoms with van der Waals surface area (Å²) in [5.41, 5.74) is 1.95. The molecule has 1 heterocycles. The summed E-state index contributed by atoms with van der Waals surface area (Å²) in [5, 5.41) is 3.61. The van der Waals surface area contributed by atoms with Crippen molar-refractivity contribution in [2.24, 2.45) is 5.10 Å². The summed E-state index contributed by atoms with van der Waals surface area (Å²) in [6.45, 7) is 1.32. The lowest BCUT2D eigenvalue weighted by Gasteiger charge is -2.26. The summed E-state index contributed by atoms with van der Waals surface area (Å²) < 4.78 is 70.6. The second-order valence-electron chi connectivity index (χ2n) is 7.04. The molecule has 0 unspecified atom stereocenters. The van der Waals surface area contributed by atoms with Gasteiger partial charge in [-0.3, -0.25) is 4.79 Å². The maximum absolute atomic E-state index is 13.0. The molecule has 1 amide bonds. The molecule has 11 heteroatoms. The van der Waals surface area contributed by atoms with Crippen LogP contribution in [0.4, 0.5) is 13.2 Å². The number of benzene rings is 2. The van der Waals surface area contributed by atoms with Gasteiger partial charge in [0.15, 0.2) is 0 Å². The number of halogens is 3. The standard InChI is InChI=1S/C21H22F3N3O4S/c22-21(23,24)19-4-2-1-3-17(19)15-25-26-20(28)10-7-16-5-8-18(9-6-16)32(29,30)27-11-13-31-14-12-27/h1-6,8-9,15H,7,10-14H2,(H,26,28)/b25-15+. The summed E-state index contributed by atoms with van der Waals surface area (Å²) in [5.74, 6) is -0.476. The Labute approximate surface area is 183 Å². The van der Waals surface area contributed by atoms with Crippen molar-refractivity contribution in [2.75, 3.05) is 26.3 Å². The lowest BCUT2D eigenvalue weighted by molar-refractivity contribution is -0.137. The number of nitrogens with one attached hydrogen (secondary N) is 1. The van der Waals surface area contributed by atoms with Gasteiger partial charge < -0.3 is 4.74 Å². The van der Waals surface area contributed by atoms with Gasteiger partial charge in [-0.25, -0.2) is 13.8 Å². The summed E-state index contributed by atoms with van der Waals surface area (Å²) >= 11 is 0. The predicted octanol–water partition coefficient (Wildman–Crippen LogP) is 2.81. The Balaban J connectivity index is 1.53. The van der Waals surface area contributed by atoms with E-state index in [0.717, 1.165) is 17.8 Å². The van der Waals surface area contributed by atoms with Crippen LogP contribution in [0.3, 0.4) is 0 Å². The minimum atomic E-state index is -4.52. The van der Waals surface area contributed by atoms with E-state index in [1.165, 1.54) is 34.6 Å². The number of amides is 1. The van der Waals surface area contributed by atoms with Gasteiger partial charge in [0, 0.05) is 25.1 Å². The fourth-order valence-corrected chi connectivity index (χ4v) is 4.53. The van der Waals surface area contributed by atoms with Crippen LogP contribution in [0.2, 0.25) is 0 Å². The number of sulfonamides is 1. The molecule has 3 rings (SSSR count). The van der Waals surface area contributed by atoms with Crippen molar-refractivity contribution in [1.29, 1.82) is 0 Å². The van der Waals surface area contributed by atoms with Crippen molar-refractivity contribution >= 4 is 22.1 Å². The predicted molar refractivity (Wildman–Crippen MR) is 112 cm³/mol. The average molecular weight is 469 g/mol. The van der Waals surface area contributed by atoms with E-state index in [1.54, 1.807) is 12.1 Å². The molecule has 0 bridgehead atoms. The number of hydrogen-bond donors (Lipinski definition) is 1. The van der Waals surface area contributed by atoms with Crippen molar-refractivity contribution in [2.45, 2.75) is 23.9 Å². The molecule has 0 saturated carbocycles. The molecule has 2 aromatic rings. The Bertz CT molecular complexity index is 1060. The van der Waals surface area contributed by atoms with Gasteiger partial charge in [-0.05, 0) is 30.2 Å². The van der Waals surface area contributed by atoms with E-state index in [-0.39, 0.29) is 16.9 Å². The molecule has 1 fully saturated rings. The highest BCUT2D eigenvalue weighted by Crippen LogP contribution is 2.31. The Morgan fingerprint density at radius 1 is 1.09 bits per heavy atom. The van der Waals surface area contributed by atoms with E-state index in [1.807, 2.05) is 0 Å². The number of aryl methyl sites for hydroxylation is 1. The van der Waals surface area contributed by atoms with E-state index >= 15 is 0 Å². The second-order valence-corrected chi connectivity index (χ2v) is 8.98. The van der Waals surface area contributed by atoms with Crippen molar-refractivity contribution in [3.8, 4) is 0 Å². The SMILES string of the molecule is O=C(CCc1ccc(S(=O)(=O)N2CCOCC2)cc1)N/N=C/c1ccccc1C(F)(F)F. The zero-order chi connectivity index (χ0) is 23.2. The van der Waals surface area contributed by atoms with Crippen LogP contribution in [0.15, 0.2) is 58.5 Å². The van der Waals surface area contributed by atoms with Crippen molar-refractivity contribution in [3.05, 3.63) is 65.2 Å². The van der Waals surface area contributed by atoms with E-state index in [0.29, 0.717) is 32.7 Å². The minimum absolute atomic E-state index is 0.0355. The number of hydrazone groups is 1. The Kier molecular flexibility index (Phi) is 7.64. The molecule has 1 N–H and O–H groups in total. The van der Waals surface area contributed by atoms with E-state index in [2.05, 4.69) is 10.5 Å².